The van der Waals surface area contributed by atoms with Crippen LogP contribution in [0, 0.1) is 23.1 Å². The van der Waals surface area contributed by atoms with E-state index >= 15 is 0 Å². The summed E-state index contributed by atoms with van der Waals surface area (Å²) in [6, 6.07) is 6.33. The highest BCUT2D eigenvalue weighted by molar-refractivity contribution is 5.32. The fourth-order valence-corrected chi connectivity index (χ4v) is 1.78. The number of ether oxygens (including phenoxy) is 2. The molecule has 0 amide bonds. The van der Waals surface area contributed by atoms with Crippen LogP contribution in [-0.2, 0) is 16.1 Å². The van der Waals surface area contributed by atoms with Crippen molar-refractivity contribution < 1.29 is 13.9 Å². The van der Waals surface area contributed by atoms with Gasteiger partial charge in [0.25, 0.3) is 0 Å². The van der Waals surface area contributed by atoms with Gasteiger partial charge in [-0.25, -0.2) is 4.39 Å². The Morgan fingerprint density at radius 2 is 2.41 bits per heavy atom. The minimum absolute atomic E-state index is 0.244. The second-order valence-corrected chi connectivity index (χ2v) is 4.16. The van der Waals surface area contributed by atoms with E-state index in [1.165, 1.54) is 6.07 Å². The molecule has 0 spiro atoms. The van der Waals surface area contributed by atoms with Gasteiger partial charge in [0.2, 0.25) is 0 Å². The van der Waals surface area contributed by atoms with Gasteiger partial charge in [0, 0.05) is 18.1 Å². The molecule has 0 aliphatic carbocycles. The largest absolute Gasteiger partial charge is 0.381 e. The standard InChI is InChI=1S/C13H14FNO2/c14-13-5-10(6-15)1-2-12(13)9-17-8-11-3-4-16-7-11/h1-2,5,11H,3-4,7-9H2. The molecule has 1 aliphatic heterocycles. The molecule has 1 unspecified atom stereocenters. The zero-order valence-electron chi connectivity index (χ0n) is 9.49. The lowest BCUT2D eigenvalue weighted by molar-refractivity contribution is 0.0775. The molecular formula is C13H14FNO2. The molecule has 3 nitrogen and oxygen atoms in total. The molecule has 1 aromatic carbocycles. The van der Waals surface area contributed by atoms with Gasteiger partial charge in [-0.05, 0) is 18.6 Å². The lowest BCUT2D eigenvalue weighted by Crippen LogP contribution is -2.09. The van der Waals surface area contributed by atoms with Crippen molar-refractivity contribution in [3.05, 3.63) is 35.1 Å². The van der Waals surface area contributed by atoms with E-state index in [1.54, 1.807) is 12.1 Å². The molecule has 0 saturated carbocycles. The van der Waals surface area contributed by atoms with Crippen molar-refractivity contribution in [3.8, 4) is 6.07 Å². The number of nitriles is 1. The average molecular weight is 235 g/mol. The van der Waals surface area contributed by atoms with Crippen LogP contribution in [0.1, 0.15) is 17.5 Å². The summed E-state index contributed by atoms with van der Waals surface area (Å²) >= 11 is 0. The maximum Gasteiger partial charge on any atom is 0.130 e. The Bertz CT molecular complexity index is 422. The highest BCUT2D eigenvalue weighted by atomic mass is 19.1. The molecule has 90 valence electrons. The smallest absolute Gasteiger partial charge is 0.130 e. The Labute approximate surface area is 99.8 Å². The van der Waals surface area contributed by atoms with Crippen LogP contribution in [0.25, 0.3) is 0 Å². The molecular weight excluding hydrogens is 221 g/mol. The second-order valence-electron chi connectivity index (χ2n) is 4.16. The third kappa shape index (κ3) is 3.26. The molecule has 1 atom stereocenters. The molecule has 0 bridgehead atoms. The van der Waals surface area contributed by atoms with Crippen molar-refractivity contribution in [1.82, 2.24) is 0 Å². The Morgan fingerprint density at radius 3 is 3.06 bits per heavy atom. The first kappa shape index (κ1) is 12.0. The summed E-state index contributed by atoms with van der Waals surface area (Å²) in [5.41, 5.74) is 0.818. The number of benzene rings is 1. The van der Waals surface area contributed by atoms with Crippen LogP contribution in [-0.4, -0.2) is 19.8 Å². The maximum absolute atomic E-state index is 13.5. The quantitative estimate of drug-likeness (QED) is 0.803. The van der Waals surface area contributed by atoms with Gasteiger partial charge in [0.1, 0.15) is 5.82 Å². The summed E-state index contributed by atoms with van der Waals surface area (Å²) in [4.78, 5) is 0. The first-order valence-electron chi connectivity index (χ1n) is 5.63. The van der Waals surface area contributed by atoms with Gasteiger partial charge in [-0.3, -0.25) is 0 Å². The second kappa shape index (κ2) is 5.76. The molecule has 1 fully saturated rings. The number of hydrogen-bond acceptors (Lipinski definition) is 3. The highest BCUT2D eigenvalue weighted by Gasteiger charge is 2.15. The van der Waals surface area contributed by atoms with Crippen molar-refractivity contribution in [2.75, 3.05) is 19.8 Å². The molecule has 1 heterocycles. The van der Waals surface area contributed by atoms with Crippen LogP contribution >= 0.6 is 0 Å². The predicted molar refractivity (Wildman–Crippen MR) is 59.7 cm³/mol. The molecule has 4 heteroatoms. The van der Waals surface area contributed by atoms with Gasteiger partial charge in [-0.2, -0.15) is 5.26 Å². The van der Waals surface area contributed by atoms with E-state index in [1.807, 2.05) is 6.07 Å². The summed E-state index contributed by atoms with van der Waals surface area (Å²) in [7, 11) is 0. The fourth-order valence-electron chi connectivity index (χ4n) is 1.78. The molecule has 17 heavy (non-hydrogen) atoms. The van der Waals surface area contributed by atoms with Crippen molar-refractivity contribution in [2.24, 2.45) is 5.92 Å². The molecule has 2 rings (SSSR count). The van der Waals surface area contributed by atoms with Crippen molar-refractivity contribution in [3.63, 3.8) is 0 Å². The van der Waals surface area contributed by atoms with Crippen molar-refractivity contribution in [1.29, 1.82) is 5.26 Å². The Balaban J connectivity index is 1.84. The third-order valence-electron chi connectivity index (χ3n) is 2.82. The van der Waals surface area contributed by atoms with Gasteiger partial charge in [0.15, 0.2) is 0 Å². The van der Waals surface area contributed by atoms with E-state index in [-0.39, 0.29) is 12.4 Å². The number of halogens is 1. The Hall–Kier alpha value is -1.44. The van der Waals surface area contributed by atoms with E-state index in [4.69, 9.17) is 14.7 Å². The molecule has 0 aromatic heterocycles. The molecule has 1 aliphatic rings. The van der Waals surface area contributed by atoms with Gasteiger partial charge in [-0.15, -0.1) is 0 Å². The molecule has 0 N–H and O–H groups in total. The summed E-state index contributed by atoms with van der Waals surface area (Å²) in [5, 5.41) is 8.61. The van der Waals surface area contributed by atoms with E-state index < -0.39 is 0 Å². The third-order valence-corrected chi connectivity index (χ3v) is 2.82. The number of rotatable bonds is 4. The summed E-state index contributed by atoms with van der Waals surface area (Å²) in [6.07, 6.45) is 1.01. The monoisotopic (exact) mass is 235 g/mol. The van der Waals surface area contributed by atoms with Gasteiger partial charge < -0.3 is 9.47 Å². The van der Waals surface area contributed by atoms with Crippen molar-refractivity contribution in [2.45, 2.75) is 13.0 Å². The van der Waals surface area contributed by atoms with Crippen LogP contribution in [0.5, 0.6) is 0 Å². The number of nitrogens with zero attached hydrogens (tertiary/aromatic N) is 1. The zero-order valence-corrected chi connectivity index (χ0v) is 9.49. The maximum atomic E-state index is 13.5. The minimum atomic E-state index is -0.383. The van der Waals surface area contributed by atoms with E-state index in [0.717, 1.165) is 19.6 Å². The van der Waals surface area contributed by atoms with Crippen LogP contribution in [0.2, 0.25) is 0 Å². The summed E-state index contributed by atoms with van der Waals surface area (Å²) < 4.78 is 24.2. The average Bonchev–Trinajstić information content (AvgIpc) is 2.84. The molecule has 0 radical (unpaired) electrons. The highest BCUT2D eigenvalue weighted by Crippen LogP contribution is 2.15. The zero-order chi connectivity index (χ0) is 12.1. The topological polar surface area (TPSA) is 42.2 Å². The summed E-state index contributed by atoms with van der Waals surface area (Å²) in [6.45, 7) is 2.36. The normalized spacial score (nSPS) is 19.2. The Morgan fingerprint density at radius 1 is 1.53 bits per heavy atom. The molecule has 1 saturated heterocycles. The van der Waals surface area contributed by atoms with Crippen molar-refractivity contribution >= 4 is 0 Å². The fraction of sp³-hybridized carbons (Fsp3) is 0.462. The van der Waals surface area contributed by atoms with Crippen LogP contribution < -0.4 is 0 Å². The van der Waals surface area contributed by atoms with Crippen LogP contribution in [0.4, 0.5) is 4.39 Å². The van der Waals surface area contributed by atoms with Gasteiger partial charge in [-0.1, -0.05) is 6.07 Å². The minimum Gasteiger partial charge on any atom is -0.381 e. The Kier molecular flexibility index (Phi) is 4.08. The first-order chi connectivity index (χ1) is 8.29. The lowest BCUT2D eigenvalue weighted by Gasteiger charge is -2.09. The van der Waals surface area contributed by atoms with E-state index in [0.29, 0.717) is 23.7 Å². The van der Waals surface area contributed by atoms with E-state index in [2.05, 4.69) is 0 Å². The van der Waals surface area contributed by atoms with Crippen LogP contribution in [0.3, 0.4) is 0 Å². The predicted octanol–water partition coefficient (Wildman–Crippen LogP) is 2.25. The number of hydrogen-bond donors (Lipinski definition) is 0. The first-order valence-corrected chi connectivity index (χ1v) is 5.63. The van der Waals surface area contributed by atoms with Gasteiger partial charge >= 0.3 is 0 Å². The lowest BCUT2D eigenvalue weighted by atomic mass is 10.1. The SMILES string of the molecule is N#Cc1ccc(COCC2CCOC2)c(F)c1. The van der Waals surface area contributed by atoms with Crippen LogP contribution in [0.15, 0.2) is 18.2 Å². The van der Waals surface area contributed by atoms with E-state index in [9.17, 15) is 4.39 Å². The summed E-state index contributed by atoms with van der Waals surface area (Å²) in [5.74, 6) is 0.0446. The van der Waals surface area contributed by atoms with Gasteiger partial charge in [0.05, 0.1) is 31.5 Å². The molecule has 1 aromatic rings.